The van der Waals surface area contributed by atoms with Crippen LogP contribution in [0.3, 0.4) is 0 Å². The molecule has 2 rings (SSSR count). The summed E-state index contributed by atoms with van der Waals surface area (Å²) in [5.74, 6) is -1.70. The second-order valence-electron chi connectivity index (χ2n) is 3.34. The number of carboxylic acids is 1. The summed E-state index contributed by atoms with van der Waals surface area (Å²) < 4.78 is 12.8. The highest BCUT2D eigenvalue weighted by Gasteiger charge is 2.25. The number of carbonyl (C=O) groups is 1. The fraction of sp³-hybridized carbons (Fsp3) is 0.300. The van der Waals surface area contributed by atoms with Gasteiger partial charge in [0.2, 0.25) is 0 Å². The van der Waals surface area contributed by atoms with E-state index in [0.29, 0.717) is 24.2 Å². The number of anilines is 1. The summed E-state index contributed by atoms with van der Waals surface area (Å²) in [5, 5.41) is 11.9. The SMILES string of the molecule is O=C(O)[C@H]1CCNc2cc(F)ccc21. The number of nitrogens with one attached hydrogen (secondary N) is 1. The lowest BCUT2D eigenvalue weighted by Gasteiger charge is -2.23. The highest BCUT2D eigenvalue weighted by atomic mass is 19.1. The number of benzene rings is 1. The van der Waals surface area contributed by atoms with Gasteiger partial charge in [-0.3, -0.25) is 4.79 Å². The van der Waals surface area contributed by atoms with Gasteiger partial charge >= 0.3 is 5.97 Å². The average molecular weight is 195 g/mol. The Morgan fingerprint density at radius 2 is 2.36 bits per heavy atom. The predicted octanol–water partition coefficient (Wildman–Crippen LogP) is 1.81. The second-order valence-corrected chi connectivity index (χ2v) is 3.34. The van der Waals surface area contributed by atoms with Gasteiger partial charge in [0.15, 0.2) is 0 Å². The molecule has 2 N–H and O–H groups in total. The van der Waals surface area contributed by atoms with Crippen molar-refractivity contribution in [3.05, 3.63) is 29.6 Å². The topological polar surface area (TPSA) is 49.3 Å². The first-order chi connectivity index (χ1) is 6.68. The van der Waals surface area contributed by atoms with Crippen molar-refractivity contribution in [2.24, 2.45) is 0 Å². The summed E-state index contributed by atoms with van der Waals surface area (Å²) in [5.41, 5.74) is 1.27. The van der Waals surface area contributed by atoms with Crippen LogP contribution >= 0.6 is 0 Å². The van der Waals surface area contributed by atoms with Crippen LogP contribution in [-0.4, -0.2) is 17.6 Å². The number of rotatable bonds is 1. The summed E-state index contributed by atoms with van der Waals surface area (Å²) in [4.78, 5) is 10.9. The van der Waals surface area contributed by atoms with Crippen LogP contribution in [-0.2, 0) is 4.79 Å². The first kappa shape index (κ1) is 8.99. The molecule has 0 aromatic heterocycles. The lowest BCUT2D eigenvalue weighted by molar-refractivity contribution is -0.138. The molecular weight excluding hydrogens is 185 g/mol. The van der Waals surface area contributed by atoms with Crippen LogP contribution in [0.1, 0.15) is 17.9 Å². The molecule has 1 aromatic carbocycles. The fourth-order valence-electron chi connectivity index (χ4n) is 1.75. The fourth-order valence-corrected chi connectivity index (χ4v) is 1.75. The zero-order valence-corrected chi connectivity index (χ0v) is 7.46. The van der Waals surface area contributed by atoms with Gasteiger partial charge in [-0.15, -0.1) is 0 Å². The van der Waals surface area contributed by atoms with E-state index in [1.807, 2.05) is 0 Å². The van der Waals surface area contributed by atoms with Crippen LogP contribution in [0, 0.1) is 5.82 Å². The number of halogens is 1. The third kappa shape index (κ3) is 1.43. The van der Waals surface area contributed by atoms with E-state index in [-0.39, 0.29) is 5.82 Å². The summed E-state index contributed by atoms with van der Waals surface area (Å²) in [6, 6.07) is 4.17. The molecule has 0 fully saturated rings. The largest absolute Gasteiger partial charge is 0.481 e. The molecule has 0 radical (unpaired) electrons. The minimum atomic E-state index is -0.848. The molecule has 1 heterocycles. The first-order valence-electron chi connectivity index (χ1n) is 4.44. The van der Waals surface area contributed by atoms with E-state index < -0.39 is 11.9 Å². The Kier molecular flexibility index (Phi) is 2.11. The quantitative estimate of drug-likeness (QED) is 0.718. The highest BCUT2D eigenvalue weighted by Crippen LogP contribution is 2.31. The molecule has 1 atom stereocenters. The summed E-state index contributed by atoms with van der Waals surface area (Å²) in [6.07, 6.45) is 0.550. The Morgan fingerprint density at radius 3 is 3.07 bits per heavy atom. The van der Waals surface area contributed by atoms with Crippen LogP contribution in [0.25, 0.3) is 0 Å². The van der Waals surface area contributed by atoms with Crippen molar-refractivity contribution in [3.8, 4) is 0 Å². The highest BCUT2D eigenvalue weighted by molar-refractivity contribution is 5.80. The first-order valence-corrected chi connectivity index (χ1v) is 4.44. The van der Waals surface area contributed by atoms with Crippen molar-refractivity contribution in [1.29, 1.82) is 0 Å². The number of aliphatic carboxylic acids is 1. The molecule has 14 heavy (non-hydrogen) atoms. The Balaban J connectivity index is 2.44. The molecule has 0 amide bonds. The van der Waals surface area contributed by atoms with E-state index in [1.54, 1.807) is 0 Å². The molecule has 3 nitrogen and oxygen atoms in total. The van der Waals surface area contributed by atoms with Gasteiger partial charge in [-0.05, 0) is 24.1 Å². The molecule has 1 aromatic rings. The van der Waals surface area contributed by atoms with Gasteiger partial charge in [0.05, 0.1) is 5.92 Å². The van der Waals surface area contributed by atoms with Crippen molar-refractivity contribution in [2.45, 2.75) is 12.3 Å². The van der Waals surface area contributed by atoms with Crippen LogP contribution < -0.4 is 5.32 Å². The van der Waals surface area contributed by atoms with Gasteiger partial charge in [-0.25, -0.2) is 4.39 Å². The molecule has 0 unspecified atom stereocenters. The molecule has 1 aliphatic rings. The van der Waals surface area contributed by atoms with Crippen LogP contribution in [0.4, 0.5) is 10.1 Å². The molecule has 0 aliphatic carbocycles. The molecule has 4 heteroatoms. The van der Waals surface area contributed by atoms with Gasteiger partial charge in [-0.1, -0.05) is 6.07 Å². The van der Waals surface area contributed by atoms with Crippen molar-refractivity contribution in [2.75, 3.05) is 11.9 Å². The summed E-state index contributed by atoms with van der Waals surface area (Å²) >= 11 is 0. The Morgan fingerprint density at radius 1 is 1.57 bits per heavy atom. The van der Waals surface area contributed by atoms with Gasteiger partial charge < -0.3 is 10.4 Å². The smallest absolute Gasteiger partial charge is 0.311 e. The van der Waals surface area contributed by atoms with E-state index in [1.165, 1.54) is 18.2 Å². The van der Waals surface area contributed by atoms with Crippen LogP contribution in [0.5, 0.6) is 0 Å². The molecule has 1 aliphatic heterocycles. The molecule has 0 saturated heterocycles. The zero-order chi connectivity index (χ0) is 10.1. The van der Waals surface area contributed by atoms with E-state index >= 15 is 0 Å². The van der Waals surface area contributed by atoms with E-state index in [0.717, 1.165) is 0 Å². The third-order valence-electron chi connectivity index (χ3n) is 2.44. The summed E-state index contributed by atoms with van der Waals surface area (Å²) in [7, 11) is 0. The van der Waals surface area contributed by atoms with Crippen molar-refractivity contribution >= 4 is 11.7 Å². The van der Waals surface area contributed by atoms with E-state index in [4.69, 9.17) is 5.11 Å². The number of fused-ring (bicyclic) bond motifs is 1. The Labute approximate surface area is 80.6 Å². The Hall–Kier alpha value is -1.58. The lowest BCUT2D eigenvalue weighted by atomic mass is 9.91. The average Bonchev–Trinajstić information content (AvgIpc) is 2.16. The molecule has 74 valence electrons. The van der Waals surface area contributed by atoms with Gasteiger partial charge in [0.1, 0.15) is 5.82 Å². The van der Waals surface area contributed by atoms with Crippen LogP contribution in [0.15, 0.2) is 18.2 Å². The summed E-state index contributed by atoms with van der Waals surface area (Å²) in [6.45, 7) is 0.577. The van der Waals surface area contributed by atoms with E-state index in [2.05, 4.69) is 5.32 Å². The normalized spacial score (nSPS) is 19.6. The third-order valence-corrected chi connectivity index (χ3v) is 2.44. The van der Waals surface area contributed by atoms with Crippen molar-refractivity contribution in [1.82, 2.24) is 0 Å². The maximum absolute atomic E-state index is 12.8. The van der Waals surface area contributed by atoms with Gasteiger partial charge in [0, 0.05) is 12.2 Å². The Bertz CT molecular complexity index is 378. The lowest BCUT2D eigenvalue weighted by Crippen LogP contribution is -2.22. The van der Waals surface area contributed by atoms with Gasteiger partial charge in [-0.2, -0.15) is 0 Å². The van der Waals surface area contributed by atoms with Crippen LogP contribution in [0.2, 0.25) is 0 Å². The number of hydrogen-bond acceptors (Lipinski definition) is 2. The minimum absolute atomic E-state index is 0.345. The predicted molar refractivity (Wildman–Crippen MR) is 49.9 cm³/mol. The second kappa shape index (κ2) is 3.29. The van der Waals surface area contributed by atoms with Crippen molar-refractivity contribution in [3.63, 3.8) is 0 Å². The molecule has 0 saturated carbocycles. The monoisotopic (exact) mass is 195 g/mol. The van der Waals surface area contributed by atoms with Gasteiger partial charge in [0.25, 0.3) is 0 Å². The zero-order valence-electron chi connectivity index (χ0n) is 7.46. The molecule has 0 bridgehead atoms. The van der Waals surface area contributed by atoms with Crippen molar-refractivity contribution < 1.29 is 14.3 Å². The molecular formula is C10H10FNO2. The number of hydrogen-bond donors (Lipinski definition) is 2. The van der Waals surface area contributed by atoms with E-state index in [9.17, 15) is 9.18 Å². The maximum Gasteiger partial charge on any atom is 0.311 e. The minimum Gasteiger partial charge on any atom is -0.481 e. The number of carboxylic acid groups (broad SMARTS) is 1. The standard InChI is InChI=1S/C10H10FNO2/c11-6-1-2-7-8(10(13)14)3-4-12-9(7)5-6/h1-2,5,8,12H,3-4H2,(H,13,14)/t8-/m0/s1. The maximum atomic E-state index is 12.8. The molecule has 0 spiro atoms.